The molecule has 0 bridgehead atoms. The maximum atomic E-state index is 14.7. The maximum absolute atomic E-state index is 14.7. The van der Waals surface area contributed by atoms with Gasteiger partial charge in [0.25, 0.3) is 21.6 Å². The van der Waals surface area contributed by atoms with Crippen LogP contribution in [0.4, 0.5) is 21.5 Å². The van der Waals surface area contributed by atoms with E-state index in [2.05, 4.69) is 67.9 Å². The fraction of sp³-hybridized carbons (Fsp3) is 0.481. The van der Waals surface area contributed by atoms with E-state index in [9.17, 15) is 37.6 Å². The van der Waals surface area contributed by atoms with E-state index in [0.717, 1.165) is 69.8 Å². The van der Waals surface area contributed by atoms with Crippen LogP contribution in [0.2, 0.25) is 0 Å². The molecular weight excluding hydrogens is 932 g/mol. The molecule has 19 heteroatoms. The highest BCUT2D eigenvalue weighted by atomic mass is 32.2. The number of carbonyl (C=O) groups excluding carboxylic acids is 2. The number of hydrogen-bond donors (Lipinski definition) is 4. The average Bonchev–Trinajstić information content (AvgIpc) is 3.71. The summed E-state index contributed by atoms with van der Waals surface area (Å²) >= 11 is 0. The zero-order valence-electron chi connectivity index (χ0n) is 40.4. The largest absolute Gasteiger partial charge is 0.489 e. The summed E-state index contributed by atoms with van der Waals surface area (Å²) in [5.41, 5.74) is 2.40. The van der Waals surface area contributed by atoms with Gasteiger partial charge in [0.15, 0.2) is 11.4 Å². The van der Waals surface area contributed by atoms with Crippen molar-refractivity contribution in [3.05, 3.63) is 106 Å². The van der Waals surface area contributed by atoms with Crippen molar-refractivity contribution in [2.24, 2.45) is 11.3 Å². The van der Waals surface area contributed by atoms with Gasteiger partial charge in [-0.05, 0) is 98.4 Å². The number of sulfonamides is 1. The number of aromatic nitrogens is 2. The van der Waals surface area contributed by atoms with Gasteiger partial charge < -0.3 is 34.7 Å². The van der Waals surface area contributed by atoms with Crippen molar-refractivity contribution in [1.29, 1.82) is 0 Å². The molecule has 1 aliphatic carbocycles. The molecule has 5 aliphatic rings. The molecule has 1 saturated carbocycles. The molecule has 6 heterocycles. The second-order valence-electron chi connectivity index (χ2n) is 21.0. The predicted molar refractivity (Wildman–Crippen MR) is 265 cm³/mol. The first-order valence-corrected chi connectivity index (χ1v) is 26.1. The van der Waals surface area contributed by atoms with Gasteiger partial charge in [-0.15, -0.1) is 0 Å². The summed E-state index contributed by atoms with van der Waals surface area (Å²) in [5.74, 6) is -0.799. The number of halogens is 1. The van der Waals surface area contributed by atoms with Crippen molar-refractivity contribution in [2.45, 2.75) is 107 Å². The molecule has 4 aliphatic heterocycles. The van der Waals surface area contributed by atoms with Gasteiger partial charge in [0.2, 0.25) is 5.91 Å². The Bertz CT molecular complexity index is 2990. The summed E-state index contributed by atoms with van der Waals surface area (Å²) in [6.45, 7) is 12.8. The van der Waals surface area contributed by atoms with Gasteiger partial charge in [-0.3, -0.25) is 24.6 Å². The van der Waals surface area contributed by atoms with Gasteiger partial charge in [0.1, 0.15) is 29.6 Å². The fourth-order valence-corrected chi connectivity index (χ4v) is 12.8. The summed E-state index contributed by atoms with van der Waals surface area (Å²) in [6, 6.07) is 17.0. The molecule has 3 saturated heterocycles. The number of amides is 2. The second kappa shape index (κ2) is 18.7. The molecule has 3 aromatic carbocycles. The standard InChI is InChI=1S/C52H61FN8O9S/c1-31(2)37-7-5-6-8-38(37)41-27-59(32(3)62)18-13-44(41)60-29-52(30-60)16-19-58(20-17-52)34-9-10-39(46(21-34)70-35-22-40-42(53)26-55-49(40)54-25-35)50(63)57-71(67,68)36-23-45(61(65)66)48-47(24-36)69-28-43(56-48)33-11-14-51(4,64)15-12-33/h5-10,21-26,31,33,41,43-44,56,64H,11-20,27-30H2,1-4H3,(H,54,55)(H,57,63)/t33-,41-,43-,44-,51-/m1/s1. The van der Waals surface area contributed by atoms with E-state index in [1.807, 2.05) is 4.90 Å². The van der Waals surface area contributed by atoms with Crippen LogP contribution in [0.3, 0.4) is 0 Å². The van der Waals surface area contributed by atoms with Crippen LogP contribution in [0.1, 0.15) is 106 Å². The lowest BCUT2D eigenvalue weighted by Gasteiger charge is -2.59. The molecule has 10 rings (SSSR count). The number of nitro benzene ring substituents is 1. The van der Waals surface area contributed by atoms with E-state index in [0.29, 0.717) is 49.8 Å². The third-order valence-corrected chi connectivity index (χ3v) is 17.2. The lowest BCUT2D eigenvalue weighted by atomic mass is 9.69. The molecule has 2 aromatic heterocycles. The Morgan fingerprint density at radius 2 is 1.77 bits per heavy atom. The molecule has 0 unspecified atom stereocenters. The third kappa shape index (κ3) is 9.63. The van der Waals surface area contributed by atoms with Crippen molar-refractivity contribution in [2.75, 3.05) is 56.1 Å². The minimum atomic E-state index is -4.74. The number of aliphatic hydroxyl groups is 1. The Morgan fingerprint density at radius 3 is 2.49 bits per heavy atom. The highest BCUT2D eigenvalue weighted by molar-refractivity contribution is 7.90. The van der Waals surface area contributed by atoms with Crippen molar-refractivity contribution in [1.82, 2.24) is 24.5 Å². The Labute approximate surface area is 412 Å². The van der Waals surface area contributed by atoms with Gasteiger partial charge in [0, 0.05) is 88.2 Å². The summed E-state index contributed by atoms with van der Waals surface area (Å²) in [4.78, 5) is 51.8. The maximum Gasteiger partial charge on any atom is 0.297 e. The van der Waals surface area contributed by atoms with E-state index < -0.39 is 42.9 Å². The first-order chi connectivity index (χ1) is 33.9. The van der Waals surface area contributed by atoms with Crippen LogP contribution in [0.25, 0.3) is 11.0 Å². The van der Waals surface area contributed by atoms with Crippen LogP contribution in [-0.2, 0) is 14.8 Å². The molecule has 1 spiro atoms. The first-order valence-electron chi connectivity index (χ1n) is 24.7. The highest BCUT2D eigenvalue weighted by Crippen LogP contribution is 2.48. The van der Waals surface area contributed by atoms with Gasteiger partial charge in [-0.1, -0.05) is 38.1 Å². The number of pyridine rings is 1. The van der Waals surface area contributed by atoms with Crippen LogP contribution < -0.4 is 24.4 Å². The number of nitrogens with one attached hydrogen (secondary N) is 3. The number of aromatic amines is 1. The van der Waals surface area contributed by atoms with Crippen molar-refractivity contribution in [3.8, 4) is 17.2 Å². The summed E-state index contributed by atoms with van der Waals surface area (Å²) in [6.07, 6.45) is 7.83. The van der Waals surface area contributed by atoms with Gasteiger partial charge in [-0.2, -0.15) is 0 Å². The van der Waals surface area contributed by atoms with E-state index in [-0.39, 0.29) is 69.7 Å². The molecule has 4 fully saturated rings. The van der Waals surface area contributed by atoms with Crippen LogP contribution in [0.5, 0.6) is 17.2 Å². The number of benzene rings is 3. The number of hydrogen-bond acceptors (Lipinski definition) is 13. The van der Waals surface area contributed by atoms with E-state index in [4.69, 9.17) is 9.47 Å². The van der Waals surface area contributed by atoms with Crippen LogP contribution in [0.15, 0.2) is 78.0 Å². The Kier molecular flexibility index (Phi) is 12.7. The molecular formula is C52H61FN8O9S. The molecule has 376 valence electrons. The summed E-state index contributed by atoms with van der Waals surface area (Å²) in [7, 11) is -4.74. The molecule has 17 nitrogen and oxygen atoms in total. The number of fused-ring (bicyclic) bond motifs is 2. The Morgan fingerprint density at radius 1 is 1.03 bits per heavy atom. The lowest BCUT2D eigenvalue weighted by Crippen LogP contribution is -2.65. The normalized spacial score (nSPS) is 24.4. The monoisotopic (exact) mass is 992 g/mol. The van der Waals surface area contributed by atoms with Crippen molar-refractivity contribution in [3.63, 3.8) is 0 Å². The number of anilines is 2. The van der Waals surface area contributed by atoms with E-state index in [1.165, 1.54) is 35.7 Å². The molecule has 0 radical (unpaired) electrons. The van der Waals surface area contributed by atoms with E-state index in [1.54, 1.807) is 26.0 Å². The number of rotatable bonds is 11. The molecule has 4 N–H and O–H groups in total. The molecule has 5 aromatic rings. The molecule has 3 atom stereocenters. The topological polar surface area (TPSA) is 213 Å². The average molecular weight is 993 g/mol. The minimum Gasteiger partial charge on any atom is -0.489 e. The zero-order chi connectivity index (χ0) is 50.0. The molecule has 71 heavy (non-hydrogen) atoms. The SMILES string of the molecule is CC(=O)N1CC[C@@H](N2CC3(CCN(c4ccc(C(=O)NS(=O)(=O)c5cc6c(c([N+](=O)[O-])c5)N[C@@H]([C@H]5CC[C@](C)(O)CC5)CO6)c(Oc5cnc6[nH]cc(F)c6c5)c4)CC3)C2)[C@@H](c2ccccc2C(C)C)C1. The second-order valence-corrected chi connectivity index (χ2v) is 22.7. The number of nitro groups is 1. The highest BCUT2D eigenvalue weighted by Gasteiger charge is 2.50. The van der Waals surface area contributed by atoms with Crippen molar-refractivity contribution >= 4 is 49.9 Å². The minimum absolute atomic E-state index is 0.00811. The number of H-pyrrole nitrogens is 1. The van der Waals surface area contributed by atoms with E-state index >= 15 is 0 Å². The predicted octanol–water partition coefficient (Wildman–Crippen LogP) is 8.07. The number of ether oxygens (including phenoxy) is 2. The Hall–Kier alpha value is -6.31. The van der Waals surface area contributed by atoms with Crippen LogP contribution >= 0.6 is 0 Å². The van der Waals surface area contributed by atoms with Gasteiger partial charge in [-0.25, -0.2) is 22.5 Å². The van der Waals surface area contributed by atoms with Crippen molar-refractivity contribution < 1.29 is 41.9 Å². The first kappa shape index (κ1) is 48.3. The fourth-order valence-electron chi connectivity index (χ4n) is 11.8. The lowest BCUT2D eigenvalue weighted by molar-refractivity contribution is -0.384. The summed E-state index contributed by atoms with van der Waals surface area (Å²) < 4.78 is 57.0. The number of nitrogens with zero attached hydrogens (tertiary/aromatic N) is 5. The van der Waals surface area contributed by atoms with Gasteiger partial charge >= 0.3 is 0 Å². The Balaban J connectivity index is 0.865. The number of piperidine rings is 2. The number of carbonyl (C=O) groups is 2. The summed E-state index contributed by atoms with van der Waals surface area (Å²) in [5, 5.41) is 26.2. The van der Waals surface area contributed by atoms with Gasteiger partial charge in [0.05, 0.1) is 38.6 Å². The zero-order valence-corrected chi connectivity index (χ0v) is 41.3. The molecule has 2 amide bonds. The van der Waals surface area contributed by atoms with Crippen LogP contribution in [0, 0.1) is 27.3 Å². The third-order valence-electron chi connectivity index (χ3n) is 15.9. The quantitative estimate of drug-likeness (QED) is 0.0729. The number of likely N-dealkylation sites (tertiary alicyclic amines) is 2. The smallest absolute Gasteiger partial charge is 0.297 e. The van der Waals surface area contributed by atoms with Crippen LogP contribution in [-0.4, -0.2) is 114 Å².